The molecule has 0 fully saturated rings. The number of anilines is 3. The summed E-state index contributed by atoms with van der Waals surface area (Å²) in [5, 5.41) is 0. The van der Waals surface area contributed by atoms with Gasteiger partial charge >= 0.3 is 11.9 Å². The smallest absolute Gasteiger partial charge is 0.343 e. The molecule has 210 valence electrons. The average Bonchev–Trinajstić information content (AvgIpc) is 3.00. The molecule has 4 aromatic carbocycles. The highest BCUT2D eigenvalue weighted by Crippen LogP contribution is 2.34. The Balaban J connectivity index is 1.25. The third kappa shape index (κ3) is 8.83. The van der Waals surface area contributed by atoms with Crippen LogP contribution in [0.1, 0.15) is 43.0 Å². The van der Waals surface area contributed by atoms with E-state index >= 15 is 0 Å². The Hall–Kier alpha value is -4.84. The number of carbonyl (C=O) groups is 2. The van der Waals surface area contributed by atoms with Gasteiger partial charge in [-0.05, 0) is 105 Å². The van der Waals surface area contributed by atoms with E-state index < -0.39 is 5.97 Å². The Bertz CT molecular complexity index is 1360. The van der Waals surface area contributed by atoms with Crippen molar-refractivity contribution in [1.29, 1.82) is 0 Å². The molecule has 0 spiro atoms. The van der Waals surface area contributed by atoms with Gasteiger partial charge in [0, 0.05) is 22.6 Å². The molecular formula is C35H35NO5. The van der Waals surface area contributed by atoms with E-state index in [1.165, 1.54) is 0 Å². The van der Waals surface area contributed by atoms with E-state index in [1.807, 2.05) is 48.5 Å². The van der Waals surface area contributed by atoms with Gasteiger partial charge in [0.05, 0.1) is 18.8 Å². The van der Waals surface area contributed by atoms with E-state index in [2.05, 4.69) is 35.7 Å². The molecule has 0 N–H and O–H groups in total. The minimum Gasteiger partial charge on any atom is -0.494 e. The van der Waals surface area contributed by atoms with Crippen LogP contribution in [0.2, 0.25) is 0 Å². The van der Waals surface area contributed by atoms with Crippen molar-refractivity contribution in [3.63, 3.8) is 0 Å². The van der Waals surface area contributed by atoms with Crippen LogP contribution in [0.4, 0.5) is 17.1 Å². The zero-order chi connectivity index (χ0) is 28.9. The Labute approximate surface area is 241 Å². The van der Waals surface area contributed by atoms with Gasteiger partial charge in [0.2, 0.25) is 0 Å². The molecule has 0 aliphatic carbocycles. The van der Waals surface area contributed by atoms with Crippen LogP contribution in [0.5, 0.6) is 11.5 Å². The van der Waals surface area contributed by atoms with Crippen molar-refractivity contribution in [1.82, 2.24) is 0 Å². The van der Waals surface area contributed by atoms with E-state index in [4.69, 9.17) is 14.2 Å². The van der Waals surface area contributed by atoms with Crippen LogP contribution >= 0.6 is 0 Å². The van der Waals surface area contributed by atoms with Gasteiger partial charge in [0.1, 0.15) is 11.5 Å². The van der Waals surface area contributed by atoms with Gasteiger partial charge in [-0.25, -0.2) is 9.59 Å². The quantitative estimate of drug-likeness (QED) is 0.0681. The Morgan fingerprint density at radius 1 is 0.634 bits per heavy atom. The number of carbonyl (C=O) groups excluding carboxylic acids is 2. The summed E-state index contributed by atoms with van der Waals surface area (Å²) in [7, 11) is 0. The maximum Gasteiger partial charge on any atom is 0.343 e. The van der Waals surface area contributed by atoms with Crippen molar-refractivity contribution in [3.8, 4) is 11.5 Å². The van der Waals surface area contributed by atoms with Crippen LogP contribution in [-0.2, 0) is 9.53 Å². The van der Waals surface area contributed by atoms with Crippen LogP contribution in [-0.4, -0.2) is 25.2 Å². The van der Waals surface area contributed by atoms with Crippen molar-refractivity contribution in [2.24, 2.45) is 0 Å². The fraction of sp³-hybridized carbons (Fsp3) is 0.200. The lowest BCUT2D eigenvalue weighted by atomic mass is 10.1. The summed E-state index contributed by atoms with van der Waals surface area (Å²) < 4.78 is 16.5. The summed E-state index contributed by atoms with van der Waals surface area (Å²) in [6.45, 7) is 6.20. The molecule has 0 heterocycles. The van der Waals surface area contributed by atoms with Crippen LogP contribution in [0.3, 0.4) is 0 Å². The van der Waals surface area contributed by atoms with E-state index in [0.717, 1.165) is 42.7 Å². The second-order valence-corrected chi connectivity index (χ2v) is 9.59. The Morgan fingerprint density at radius 2 is 1.15 bits per heavy atom. The van der Waals surface area contributed by atoms with Crippen LogP contribution < -0.4 is 14.4 Å². The van der Waals surface area contributed by atoms with Crippen molar-refractivity contribution < 1.29 is 23.8 Å². The Kier molecular flexibility index (Phi) is 10.7. The average molecular weight is 550 g/mol. The first-order valence-corrected chi connectivity index (χ1v) is 13.8. The minimum atomic E-state index is -0.426. The summed E-state index contributed by atoms with van der Waals surface area (Å²) in [5.74, 6) is 0.400. The molecule has 6 heteroatoms. The fourth-order valence-electron chi connectivity index (χ4n) is 4.15. The monoisotopic (exact) mass is 549 g/mol. The van der Waals surface area contributed by atoms with Crippen molar-refractivity contribution in [2.45, 2.75) is 32.6 Å². The van der Waals surface area contributed by atoms with Gasteiger partial charge in [-0.2, -0.15) is 0 Å². The fourth-order valence-corrected chi connectivity index (χ4v) is 4.15. The highest BCUT2D eigenvalue weighted by molar-refractivity contribution is 5.92. The number of hydrogen-bond donors (Lipinski definition) is 0. The second-order valence-electron chi connectivity index (χ2n) is 9.59. The molecule has 6 nitrogen and oxygen atoms in total. The van der Waals surface area contributed by atoms with E-state index in [9.17, 15) is 9.59 Å². The molecule has 4 aromatic rings. The van der Waals surface area contributed by atoms with Crippen molar-refractivity contribution in [2.75, 3.05) is 18.1 Å². The van der Waals surface area contributed by atoms with Crippen LogP contribution in [0.15, 0.2) is 121 Å². The van der Waals surface area contributed by atoms with Gasteiger partial charge in [-0.15, -0.1) is 0 Å². The molecule has 0 aliphatic rings. The number of rotatable bonds is 14. The first-order chi connectivity index (χ1) is 20.0. The summed E-state index contributed by atoms with van der Waals surface area (Å²) >= 11 is 0. The van der Waals surface area contributed by atoms with Gasteiger partial charge in [0.25, 0.3) is 0 Å². The lowest BCUT2D eigenvalue weighted by Gasteiger charge is -2.25. The number of ether oxygens (including phenoxy) is 3. The zero-order valence-corrected chi connectivity index (χ0v) is 23.3. The molecule has 0 bridgehead atoms. The molecule has 0 saturated carbocycles. The number of nitrogens with zero attached hydrogens (tertiary/aromatic N) is 1. The summed E-state index contributed by atoms with van der Waals surface area (Å²) in [4.78, 5) is 26.3. The molecule has 41 heavy (non-hydrogen) atoms. The number of unbranched alkanes of at least 4 members (excludes halogenated alkanes) is 3. The van der Waals surface area contributed by atoms with Gasteiger partial charge in [-0.3, -0.25) is 0 Å². The highest BCUT2D eigenvalue weighted by Gasteiger charge is 2.14. The van der Waals surface area contributed by atoms with Crippen molar-refractivity contribution >= 4 is 29.0 Å². The van der Waals surface area contributed by atoms with Gasteiger partial charge in [0.15, 0.2) is 0 Å². The summed E-state index contributed by atoms with van der Waals surface area (Å²) in [6.07, 6.45) is 3.65. The first-order valence-electron chi connectivity index (χ1n) is 13.8. The molecule has 0 aliphatic heterocycles. The number of benzene rings is 4. The van der Waals surface area contributed by atoms with E-state index in [-0.39, 0.29) is 5.97 Å². The molecule has 0 radical (unpaired) electrons. The van der Waals surface area contributed by atoms with E-state index in [0.29, 0.717) is 35.8 Å². The zero-order valence-electron chi connectivity index (χ0n) is 23.3. The van der Waals surface area contributed by atoms with Gasteiger partial charge < -0.3 is 19.1 Å². The summed E-state index contributed by atoms with van der Waals surface area (Å²) in [5.41, 5.74) is 3.87. The molecule has 0 aromatic heterocycles. The predicted octanol–water partition coefficient (Wildman–Crippen LogP) is 8.43. The second kappa shape index (κ2) is 15.1. The van der Waals surface area contributed by atoms with Gasteiger partial charge in [-0.1, -0.05) is 43.0 Å². The number of hydrogen-bond acceptors (Lipinski definition) is 6. The normalized spacial score (nSPS) is 10.5. The topological polar surface area (TPSA) is 65.1 Å². The molecule has 4 rings (SSSR count). The molecule has 0 saturated heterocycles. The number of para-hydroxylation sites is 2. The lowest BCUT2D eigenvalue weighted by Crippen LogP contribution is -2.11. The maximum absolute atomic E-state index is 12.8. The maximum atomic E-state index is 12.8. The first kappa shape index (κ1) is 29.2. The standard InChI is InChI=1S/C35H35NO5/c1-27(2)34(37)40-26-12-4-3-11-25-39-32-21-23-33(24-22-32)41-35(38)28-17-19-31(20-18-28)36(29-13-7-5-8-14-29)30-15-9-6-10-16-30/h5-10,13-24H,1,3-4,11-12,25-26H2,2H3. The third-order valence-corrected chi connectivity index (χ3v) is 6.31. The van der Waals surface area contributed by atoms with E-state index in [1.54, 1.807) is 43.3 Å². The molecule has 0 atom stereocenters. The largest absolute Gasteiger partial charge is 0.494 e. The van der Waals surface area contributed by atoms with Crippen molar-refractivity contribution in [3.05, 3.63) is 127 Å². The minimum absolute atomic E-state index is 0.339. The molecular weight excluding hydrogens is 514 g/mol. The SMILES string of the molecule is C=C(C)C(=O)OCCCCCCOc1ccc(OC(=O)c2ccc(N(c3ccccc3)c3ccccc3)cc2)cc1. The third-order valence-electron chi connectivity index (χ3n) is 6.31. The highest BCUT2D eigenvalue weighted by atomic mass is 16.5. The molecule has 0 amide bonds. The van der Waals surface area contributed by atoms with Crippen LogP contribution in [0.25, 0.3) is 0 Å². The molecule has 0 unspecified atom stereocenters. The summed E-state index contributed by atoms with van der Waals surface area (Å²) in [6, 6.07) is 34.6. The number of esters is 2. The predicted molar refractivity (Wildman–Crippen MR) is 162 cm³/mol. The van der Waals surface area contributed by atoms with Crippen LogP contribution in [0, 0.1) is 0 Å². The lowest BCUT2D eigenvalue weighted by molar-refractivity contribution is -0.139. The Morgan fingerprint density at radius 3 is 1.71 bits per heavy atom.